The molecule has 1 aliphatic heterocycles. The van der Waals surface area contributed by atoms with E-state index in [4.69, 9.17) is 5.26 Å². The van der Waals surface area contributed by atoms with Gasteiger partial charge in [-0.1, -0.05) is 17.3 Å². The predicted molar refractivity (Wildman–Crippen MR) is 67.4 cm³/mol. The van der Waals surface area contributed by atoms with Gasteiger partial charge in [-0.2, -0.15) is 10.2 Å². The average Bonchev–Trinajstić information content (AvgIpc) is 2.78. The summed E-state index contributed by atoms with van der Waals surface area (Å²) in [6.45, 7) is 2.22. The van der Waals surface area contributed by atoms with Crippen molar-refractivity contribution >= 4 is 11.9 Å². The Balaban J connectivity index is 1.98. The maximum atomic E-state index is 10.2. The van der Waals surface area contributed by atoms with Crippen molar-refractivity contribution < 1.29 is 0 Å². The summed E-state index contributed by atoms with van der Waals surface area (Å²) >= 11 is 1.60. The number of hydrogen-bond donors (Lipinski definition) is 0. The Morgan fingerprint density at radius 3 is 3.12 bits per heavy atom. The molecule has 1 atom stereocenters. The Hall–Kier alpha value is -1.38. The highest BCUT2D eigenvalue weighted by atomic mass is 32.2. The molecule has 88 valence electrons. The molecule has 2 rings (SSSR count). The van der Waals surface area contributed by atoms with Gasteiger partial charge in [0.05, 0.1) is 12.1 Å². The van der Waals surface area contributed by atoms with Crippen molar-refractivity contribution in [2.75, 3.05) is 19.6 Å². The van der Waals surface area contributed by atoms with Gasteiger partial charge < -0.3 is 0 Å². The zero-order valence-corrected chi connectivity index (χ0v) is 10.2. The molecule has 0 radical (unpaired) electrons. The summed E-state index contributed by atoms with van der Waals surface area (Å²) in [7, 11) is 0. The fraction of sp³-hybridized carbons (Fsp3) is 0.417. The van der Waals surface area contributed by atoms with E-state index in [0.717, 1.165) is 24.4 Å². The number of nitriles is 1. The van der Waals surface area contributed by atoms with Crippen LogP contribution in [0.3, 0.4) is 0 Å². The summed E-state index contributed by atoms with van der Waals surface area (Å²) in [6, 6.07) is 9.77. The first kappa shape index (κ1) is 12.1. The summed E-state index contributed by atoms with van der Waals surface area (Å²) in [5.41, 5.74) is 0.703. The standard InChI is InChI=1S/C12H13N3OS/c13-7-11-3-1-2-4-12(11)17-15-6-5-10(9-15)8-14-16/h1-4,10H,5-6,8-9H2. The molecule has 0 aromatic heterocycles. The smallest absolute Gasteiger partial charge is 0.100 e. The van der Waals surface area contributed by atoms with Gasteiger partial charge >= 0.3 is 0 Å². The maximum Gasteiger partial charge on any atom is 0.100 e. The van der Waals surface area contributed by atoms with Crippen molar-refractivity contribution in [1.29, 1.82) is 5.26 Å². The van der Waals surface area contributed by atoms with Gasteiger partial charge in [-0.05, 0) is 36.4 Å². The molecule has 17 heavy (non-hydrogen) atoms. The van der Waals surface area contributed by atoms with Crippen LogP contribution in [0.5, 0.6) is 0 Å². The predicted octanol–water partition coefficient (Wildman–Crippen LogP) is 2.65. The third-order valence-corrected chi connectivity index (χ3v) is 3.96. The Bertz CT molecular complexity index is 444. The normalized spacial score (nSPS) is 20.1. The molecule has 0 amide bonds. The molecule has 1 unspecified atom stereocenters. The highest BCUT2D eigenvalue weighted by Gasteiger charge is 2.23. The molecule has 0 saturated carbocycles. The lowest BCUT2D eigenvalue weighted by Crippen LogP contribution is -2.13. The van der Waals surface area contributed by atoms with Crippen LogP contribution < -0.4 is 0 Å². The van der Waals surface area contributed by atoms with Gasteiger partial charge in [0.25, 0.3) is 0 Å². The summed E-state index contributed by atoms with van der Waals surface area (Å²) in [5.74, 6) is 0.370. The Kier molecular flexibility index (Phi) is 4.13. The molecule has 0 N–H and O–H groups in total. The minimum absolute atomic E-state index is 0.370. The second-order valence-electron chi connectivity index (χ2n) is 4.05. The molecular formula is C12H13N3OS. The summed E-state index contributed by atoms with van der Waals surface area (Å²) in [5, 5.41) is 11.9. The van der Waals surface area contributed by atoms with Crippen molar-refractivity contribution in [3.05, 3.63) is 34.7 Å². The molecule has 1 heterocycles. The van der Waals surface area contributed by atoms with Gasteiger partial charge in [0.15, 0.2) is 0 Å². The molecule has 1 fully saturated rings. The number of nitroso groups, excluding NO2 is 1. The average molecular weight is 247 g/mol. The number of benzene rings is 1. The molecular weight excluding hydrogens is 234 g/mol. The monoisotopic (exact) mass is 247 g/mol. The van der Waals surface area contributed by atoms with Crippen LogP contribution in [0.4, 0.5) is 0 Å². The highest BCUT2D eigenvalue weighted by Crippen LogP contribution is 2.31. The number of nitrogens with zero attached hydrogens (tertiary/aromatic N) is 3. The zero-order valence-electron chi connectivity index (χ0n) is 9.37. The van der Waals surface area contributed by atoms with Gasteiger partial charge in [0, 0.05) is 18.0 Å². The second kappa shape index (κ2) is 5.80. The van der Waals surface area contributed by atoms with Gasteiger partial charge in [-0.25, -0.2) is 4.31 Å². The first-order valence-electron chi connectivity index (χ1n) is 5.54. The van der Waals surface area contributed by atoms with E-state index in [1.54, 1.807) is 11.9 Å². The van der Waals surface area contributed by atoms with Crippen LogP contribution in [0, 0.1) is 22.2 Å². The summed E-state index contributed by atoms with van der Waals surface area (Å²) < 4.78 is 2.20. The minimum Gasteiger partial charge on any atom is -0.246 e. The van der Waals surface area contributed by atoms with Crippen LogP contribution in [-0.2, 0) is 0 Å². The first-order valence-corrected chi connectivity index (χ1v) is 6.32. The topological polar surface area (TPSA) is 56.5 Å². The van der Waals surface area contributed by atoms with E-state index in [9.17, 15) is 4.91 Å². The SMILES string of the molecule is N#Cc1ccccc1SN1CCC(CN=O)C1. The Morgan fingerprint density at radius 1 is 1.53 bits per heavy atom. The lowest BCUT2D eigenvalue weighted by atomic mass is 10.1. The molecule has 0 bridgehead atoms. The molecule has 5 heteroatoms. The molecule has 1 aliphatic rings. The van der Waals surface area contributed by atoms with Crippen molar-refractivity contribution in [2.24, 2.45) is 11.1 Å². The van der Waals surface area contributed by atoms with Crippen LogP contribution in [0.2, 0.25) is 0 Å². The third-order valence-electron chi connectivity index (χ3n) is 2.82. The van der Waals surface area contributed by atoms with Gasteiger partial charge in [-0.15, -0.1) is 0 Å². The summed E-state index contributed by atoms with van der Waals surface area (Å²) in [4.78, 5) is 11.2. The van der Waals surface area contributed by atoms with Crippen LogP contribution in [0.1, 0.15) is 12.0 Å². The highest BCUT2D eigenvalue weighted by molar-refractivity contribution is 7.97. The van der Waals surface area contributed by atoms with Crippen molar-refractivity contribution in [3.63, 3.8) is 0 Å². The number of hydrogen-bond acceptors (Lipinski definition) is 5. The fourth-order valence-corrected chi connectivity index (χ4v) is 3.02. The summed E-state index contributed by atoms with van der Waals surface area (Å²) in [6.07, 6.45) is 1.01. The molecule has 4 nitrogen and oxygen atoms in total. The van der Waals surface area contributed by atoms with Crippen LogP contribution >= 0.6 is 11.9 Å². The lowest BCUT2D eigenvalue weighted by Gasteiger charge is -2.14. The van der Waals surface area contributed by atoms with E-state index in [-0.39, 0.29) is 0 Å². The third kappa shape index (κ3) is 3.05. The lowest BCUT2D eigenvalue weighted by molar-refractivity contribution is 0.529. The molecule has 0 aliphatic carbocycles. The second-order valence-corrected chi connectivity index (χ2v) is 5.19. The van der Waals surface area contributed by atoms with E-state index in [2.05, 4.69) is 15.6 Å². The molecule has 0 spiro atoms. The number of rotatable bonds is 4. The van der Waals surface area contributed by atoms with Crippen LogP contribution in [-0.4, -0.2) is 23.9 Å². The molecule has 1 aromatic carbocycles. The van der Waals surface area contributed by atoms with Crippen molar-refractivity contribution in [1.82, 2.24) is 4.31 Å². The largest absolute Gasteiger partial charge is 0.246 e. The van der Waals surface area contributed by atoms with Crippen LogP contribution in [0.15, 0.2) is 34.3 Å². The fourth-order valence-electron chi connectivity index (χ4n) is 1.91. The molecule has 1 aromatic rings. The van der Waals surface area contributed by atoms with Crippen molar-refractivity contribution in [3.8, 4) is 6.07 Å². The first-order chi connectivity index (χ1) is 8.33. The van der Waals surface area contributed by atoms with Gasteiger partial charge in [0.1, 0.15) is 6.07 Å². The minimum atomic E-state index is 0.370. The Labute approximate surface area is 105 Å². The Morgan fingerprint density at radius 2 is 2.35 bits per heavy atom. The van der Waals surface area contributed by atoms with Crippen molar-refractivity contribution in [2.45, 2.75) is 11.3 Å². The van der Waals surface area contributed by atoms with Crippen LogP contribution in [0.25, 0.3) is 0 Å². The van der Waals surface area contributed by atoms with Gasteiger partial charge in [0.2, 0.25) is 0 Å². The quantitative estimate of drug-likeness (QED) is 0.606. The molecule has 1 saturated heterocycles. The maximum absolute atomic E-state index is 10.2. The van der Waals surface area contributed by atoms with E-state index in [1.165, 1.54) is 0 Å². The van der Waals surface area contributed by atoms with E-state index in [1.807, 2.05) is 24.3 Å². The van der Waals surface area contributed by atoms with Gasteiger partial charge in [-0.3, -0.25) is 0 Å². The zero-order chi connectivity index (χ0) is 12.1. The van der Waals surface area contributed by atoms with E-state index >= 15 is 0 Å². The van der Waals surface area contributed by atoms with E-state index in [0.29, 0.717) is 18.0 Å². The van der Waals surface area contributed by atoms with E-state index < -0.39 is 0 Å².